The highest BCUT2D eigenvalue weighted by Crippen LogP contribution is 2.13. The first-order chi connectivity index (χ1) is 8.08. The molecule has 1 aromatic carbocycles. The Labute approximate surface area is 103 Å². The van der Waals surface area contributed by atoms with Crippen LogP contribution in [0.1, 0.15) is 37.6 Å². The van der Waals surface area contributed by atoms with E-state index in [9.17, 15) is 4.79 Å². The summed E-state index contributed by atoms with van der Waals surface area (Å²) >= 11 is 0. The second-order valence-corrected chi connectivity index (χ2v) is 4.38. The molecule has 1 rings (SSSR count). The van der Waals surface area contributed by atoms with Gasteiger partial charge in [-0.1, -0.05) is 26.3 Å². The van der Waals surface area contributed by atoms with Gasteiger partial charge in [-0.15, -0.1) is 0 Å². The van der Waals surface area contributed by atoms with Gasteiger partial charge in [-0.2, -0.15) is 0 Å². The van der Waals surface area contributed by atoms with E-state index in [1.807, 2.05) is 19.1 Å². The Morgan fingerprint density at radius 2 is 2.12 bits per heavy atom. The molecule has 0 bridgehead atoms. The van der Waals surface area contributed by atoms with Crippen LogP contribution in [-0.4, -0.2) is 19.1 Å². The summed E-state index contributed by atoms with van der Waals surface area (Å²) in [6.07, 6.45) is 1.06. The highest BCUT2D eigenvalue weighted by atomic mass is 16.5. The molecule has 1 N–H and O–H groups in total. The maximum atomic E-state index is 12.0. The third kappa shape index (κ3) is 3.77. The monoisotopic (exact) mass is 235 g/mol. The van der Waals surface area contributed by atoms with E-state index < -0.39 is 0 Å². The Morgan fingerprint density at radius 1 is 1.41 bits per heavy atom. The molecule has 3 heteroatoms. The molecule has 0 fully saturated rings. The average Bonchev–Trinajstić information content (AvgIpc) is 2.37. The lowest BCUT2D eigenvalue weighted by atomic mass is 10.0. The Bertz CT molecular complexity index is 376. The van der Waals surface area contributed by atoms with Crippen molar-refractivity contribution >= 4 is 5.91 Å². The van der Waals surface area contributed by atoms with Crippen molar-refractivity contribution in [3.63, 3.8) is 0 Å². The maximum Gasteiger partial charge on any atom is 0.251 e. The predicted octanol–water partition coefficient (Wildman–Crippen LogP) is 2.86. The maximum absolute atomic E-state index is 12.0. The Balaban J connectivity index is 2.69. The summed E-state index contributed by atoms with van der Waals surface area (Å²) in [5, 5.41) is 3.00. The molecule has 17 heavy (non-hydrogen) atoms. The van der Waals surface area contributed by atoms with Crippen molar-refractivity contribution in [1.82, 2.24) is 5.32 Å². The third-order valence-corrected chi connectivity index (χ3v) is 3.19. The molecular weight excluding hydrogens is 214 g/mol. The summed E-state index contributed by atoms with van der Waals surface area (Å²) < 4.78 is 5.10. The summed E-state index contributed by atoms with van der Waals surface area (Å²) in [4.78, 5) is 12.0. The molecule has 0 saturated carbocycles. The zero-order valence-corrected chi connectivity index (χ0v) is 11.0. The standard InChI is InChI=1S/C14H21NO2/c1-5-10(2)11(3)15-14(16)12-7-6-8-13(9-12)17-4/h6-11H,5H2,1-4H3,(H,15,16). The fourth-order valence-corrected chi connectivity index (χ4v) is 1.55. The highest BCUT2D eigenvalue weighted by molar-refractivity contribution is 5.94. The molecule has 0 aliphatic carbocycles. The third-order valence-electron chi connectivity index (χ3n) is 3.19. The van der Waals surface area contributed by atoms with Gasteiger partial charge in [-0.3, -0.25) is 4.79 Å². The Kier molecular flexibility index (Phi) is 5.01. The minimum Gasteiger partial charge on any atom is -0.497 e. The molecule has 2 unspecified atom stereocenters. The van der Waals surface area contributed by atoms with E-state index in [4.69, 9.17) is 4.74 Å². The number of rotatable bonds is 5. The summed E-state index contributed by atoms with van der Waals surface area (Å²) in [5.74, 6) is 1.13. The van der Waals surface area contributed by atoms with Gasteiger partial charge in [0, 0.05) is 11.6 Å². The molecule has 1 amide bonds. The Morgan fingerprint density at radius 3 is 2.71 bits per heavy atom. The molecule has 0 aliphatic rings. The van der Waals surface area contributed by atoms with E-state index >= 15 is 0 Å². The molecular formula is C14H21NO2. The van der Waals surface area contributed by atoms with Crippen LogP contribution in [0.5, 0.6) is 5.75 Å². The zero-order valence-electron chi connectivity index (χ0n) is 11.0. The van der Waals surface area contributed by atoms with E-state index in [-0.39, 0.29) is 11.9 Å². The van der Waals surface area contributed by atoms with Crippen molar-refractivity contribution < 1.29 is 9.53 Å². The molecule has 0 saturated heterocycles. The van der Waals surface area contributed by atoms with Gasteiger partial charge in [0.1, 0.15) is 5.75 Å². The van der Waals surface area contributed by atoms with E-state index in [2.05, 4.69) is 19.2 Å². The summed E-state index contributed by atoms with van der Waals surface area (Å²) in [5.41, 5.74) is 0.638. The van der Waals surface area contributed by atoms with Crippen molar-refractivity contribution in [3.05, 3.63) is 29.8 Å². The van der Waals surface area contributed by atoms with E-state index in [1.165, 1.54) is 0 Å². The number of ether oxygens (including phenoxy) is 1. The second kappa shape index (κ2) is 6.28. The SMILES string of the molecule is CCC(C)C(C)NC(=O)c1cccc(OC)c1. The summed E-state index contributed by atoms with van der Waals surface area (Å²) in [7, 11) is 1.60. The zero-order chi connectivity index (χ0) is 12.8. The number of carbonyl (C=O) groups is 1. The van der Waals surface area contributed by atoms with Gasteiger partial charge in [0.25, 0.3) is 5.91 Å². The molecule has 0 radical (unpaired) electrons. The molecule has 94 valence electrons. The first-order valence-electron chi connectivity index (χ1n) is 6.03. The van der Waals surface area contributed by atoms with Crippen LogP contribution in [0.4, 0.5) is 0 Å². The molecule has 0 heterocycles. The van der Waals surface area contributed by atoms with Gasteiger partial charge in [0.2, 0.25) is 0 Å². The van der Waals surface area contributed by atoms with Crippen LogP contribution in [0.25, 0.3) is 0 Å². The van der Waals surface area contributed by atoms with Crippen LogP contribution in [0, 0.1) is 5.92 Å². The second-order valence-electron chi connectivity index (χ2n) is 4.38. The van der Waals surface area contributed by atoms with Crippen LogP contribution in [0.3, 0.4) is 0 Å². The van der Waals surface area contributed by atoms with Crippen LogP contribution in [0.2, 0.25) is 0 Å². The number of hydrogen-bond donors (Lipinski definition) is 1. The van der Waals surface area contributed by atoms with Gasteiger partial charge >= 0.3 is 0 Å². The van der Waals surface area contributed by atoms with Gasteiger partial charge in [-0.25, -0.2) is 0 Å². The number of carbonyl (C=O) groups excluding carboxylic acids is 1. The van der Waals surface area contributed by atoms with Crippen LogP contribution >= 0.6 is 0 Å². The van der Waals surface area contributed by atoms with Gasteiger partial charge < -0.3 is 10.1 Å². The molecule has 0 spiro atoms. The van der Waals surface area contributed by atoms with Crippen molar-refractivity contribution in [3.8, 4) is 5.75 Å². The number of nitrogens with one attached hydrogen (secondary N) is 1. The van der Waals surface area contributed by atoms with Crippen LogP contribution < -0.4 is 10.1 Å². The largest absolute Gasteiger partial charge is 0.497 e. The van der Waals surface area contributed by atoms with E-state index in [0.29, 0.717) is 17.2 Å². The van der Waals surface area contributed by atoms with Crippen molar-refractivity contribution in [2.45, 2.75) is 33.2 Å². The average molecular weight is 235 g/mol. The number of methoxy groups -OCH3 is 1. The lowest BCUT2D eigenvalue weighted by Crippen LogP contribution is -2.36. The fraction of sp³-hybridized carbons (Fsp3) is 0.500. The molecule has 0 aromatic heterocycles. The number of amides is 1. The summed E-state index contributed by atoms with van der Waals surface area (Å²) in [6.45, 7) is 6.29. The lowest BCUT2D eigenvalue weighted by molar-refractivity contribution is 0.0928. The molecule has 0 aliphatic heterocycles. The first-order valence-corrected chi connectivity index (χ1v) is 6.03. The first kappa shape index (κ1) is 13.6. The van der Waals surface area contributed by atoms with Crippen molar-refractivity contribution in [2.24, 2.45) is 5.92 Å². The van der Waals surface area contributed by atoms with E-state index in [1.54, 1.807) is 19.2 Å². The van der Waals surface area contributed by atoms with Gasteiger partial charge in [0.15, 0.2) is 0 Å². The lowest BCUT2D eigenvalue weighted by Gasteiger charge is -2.19. The molecule has 1 aromatic rings. The van der Waals surface area contributed by atoms with Crippen LogP contribution in [0.15, 0.2) is 24.3 Å². The fourth-order valence-electron chi connectivity index (χ4n) is 1.55. The van der Waals surface area contributed by atoms with Gasteiger partial charge in [-0.05, 0) is 31.0 Å². The Hall–Kier alpha value is -1.51. The quantitative estimate of drug-likeness (QED) is 0.852. The molecule has 2 atom stereocenters. The van der Waals surface area contributed by atoms with Crippen LogP contribution in [-0.2, 0) is 0 Å². The van der Waals surface area contributed by atoms with Gasteiger partial charge in [0.05, 0.1) is 7.11 Å². The minimum atomic E-state index is -0.0447. The smallest absolute Gasteiger partial charge is 0.251 e. The highest BCUT2D eigenvalue weighted by Gasteiger charge is 2.14. The summed E-state index contributed by atoms with van der Waals surface area (Å²) in [6, 6.07) is 7.37. The minimum absolute atomic E-state index is 0.0447. The van der Waals surface area contributed by atoms with E-state index in [0.717, 1.165) is 6.42 Å². The predicted molar refractivity (Wildman–Crippen MR) is 69.4 cm³/mol. The number of hydrogen-bond acceptors (Lipinski definition) is 2. The molecule has 3 nitrogen and oxygen atoms in total. The van der Waals surface area contributed by atoms with Crippen molar-refractivity contribution in [1.29, 1.82) is 0 Å². The normalized spacial score (nSPS) is 13.9. The van der Waals surface area contributed by atoms with Crippen molar-refractivity contribution in [2.75, 3.05) is 7.11 Å². The topological polar surface area (TPSA) is 38.3 Å². The number of benzene rings is 1.